The molecule has 4 heteroatoms. The summed E-state index contributed by atoms with van der Waals surface area (Å²) >= 11 is 0. The second-order valence-corrected chi connectivity index (χ2v) is 2.74. The normalized spacial score (nSPS) is 15.4. The van der Waals surface area contributed by atoms with Crippen molar-refractivity contribution >= 4 is 5.69 Å². The first kappa shape index (κ1) is 7.52. The van der Waals surface area contributed by atoms with Gasteiger partial charge in [-0.25, -0.2) is 0 Å². The maximum absolute atomic E-state index is 8.61. The summed E-state index contributed by atoms with van der Waals surface area (Å²) in [5.41, 5.74) is 4.79. The Morgan fingerprint density at radius 2 is 2.50 bits per heavy atom. The smallest absolute Gasteiger partial charge is 0.0789 e. The van der Waals surface area contributed by atoms with Crippen LogP contribution in [0, 0.1) is 0 Å². The summed E-state index contributed by atoms with van der Waals surface area (Å²) in [5, 5.41) is 8.61. The number of hydrogen-bond donors (Lipinski definition) is 2. The lowest BCUT2D eigenvalue weighted by atomic mass is 10.1. The molecule has 2 rings (SSSR count). The quantitative estimate of drug-likeness (QED) is 0.610. The van der Waals surface area contributed by atoms with Crippen molar-refractivity contribution in [3.05, 3.63) is 23.5 Å². The Balaban J connectivity index is 2.36. The van der Waals surface area contributed by atoms with Crippen LogP contribution in [0.3, 0.4) is 0 Å². The molecule has 1 aromatic rings. The Bertz CT molecular complexity index is 288. The van der Waals surface area contributed by atoms with E-state index in [9.17, 15) is 0 Å². The van der Waals surface area contributed by atoms with Crippen LogP contribution >= 0.6 is 0 Å². The maximum Gasteiger partial charge on any atom is 0.0789 e. The fraction of sp³-hybridized carbons (Fsp3) is 0.375. The standard InChI is InChI=1S/C8H10N2O2/c11-10-7-3-6-5-12-2-1-8(6)9-4-7/h3-4,10-11H,1-2,5H2. The monoisotopic (exact) mass is 166 g/mol. The Morgan fingerprint density at radius 3 is 3.33 bits per heavy atom. The van der Waals surface area contributed by atoms with Gasteiger partial charge in [0.05, 0.1) is 25.1 Å². The zero-order valence-corrected chi connectivity index (χ0v) is 6.58. The summed E-state index contributed by atoms with van der Waals surface area (Å²) in [7, 11) is 0. The number of anilines is 1. The van der Waals surface area contributed by atoms with Gasteiger partial charge >= 0.3 is 0 Å². The van der Waals surface area contributed by atoms with E-state index in [0.29, 0.717) is 12.3 Å². The molecule has 1 aliphatic rings. The van der Waals surface area contributed by atoms with Gasteiger partial charge in [-0.05, 0) is 6.07 Å². The molecule has 0 atom stereocenters. The zero-order chi connectivity index (χ0) is 8.39. The molecule has 0 fully saturated rings. The highest BCUT2D eigenvalue weighted by molar-refractivity contribution is 5.43. The molecule has 1 aliphatic heterocycles. The van der Waals surface area contributed by atoms with Gasteiger partial charge in [0.1, 0.15) is 0 Å². The molecule has 0 amide bonds. The van der Waals surface area contributed by atoms with Gasteiger partial charge in [-0.15, -0.1) is 0 Å². The van der Waals surface area contributed by atoms with E-state index >= 15 is 0 Å². The van der Waals surface area contributed by atoms with Crippen molar-refractivity contribution in [2.45, 2.75) is 13.0 Å². The van der Waals surface area contributed by atoms with Gasteiger partial charge in [0.25, 0.3) is 0 Å². The molecule has 0 bridgehead atoms. The summed E-state index contributed by atoms with van der Waals surface area (Å²) in [6.07, 6.45) is 2.48. The Kier molecular flexibility index (Phi) is 1.93. The van der Waals surface area contributed by atoms with Crippen molar-refractivity contribution in [1.82, 2.24) is 4.98 Å². The van der Waals surface area contributed by atoms with Crippen molar-refractivity contribution in [3.8, 4) is 0 Å². The Hall–Kier alpha value is -1.13. The number of rotatable bonds is 1. The van der Waals surface area contributed by atoms with E-state index in [-0.39, 0.29) is 0 Å². The molecule has 0 aromatic carbocycles. The van der Waals surface area contributed by atoms with E-state index in [2.05, 4.69) is 10.5 Å². The van der Waals surface area contributed by atoms with Gasteiger partial charge < -0.3 is 4.74 Å². The molecule has 2 N–H and O–H groups in total. The van der Waals surface area contributed by atoms with Gasteiger partial charge in [-0.3, -0.25) is 15.7 Å². The van der Waals surface area contributed by atoms with Gasteiger partial charge in [-0.1, -0.05) is 0 Å². The molecule has 2 heterocycles. The van der Waals surface area contributed by atoms with Crippen LogP contribution in [-0.2, 0) is 17.8 Å². The first-order valence-corrected chi connectivity index (χ1v) is 3.86. The molecule has 64 valence electrons. The van der Waals surface area contributed by atoms with Crippen LogP contribution in [0.1, 0.15) is 11.3 Å². The van der Waals surface area contributed by atoms with Crippen molar-refractivity contribution in [1.29, 1.82) is 0 Å². The number of fused-ring (bicyclic) bond motifs is 1. The third-order valence-corrected chi connectivity index (χ3v) is 1.93. The lowest BCUT2D eigenvalue weighted by molar-refractivity contribution is 0.109. The van der Waals surface area contributed by atoms with Crippen LogP contribution in [0.15, 0.2) is 12.3 Å². The Labute approximate surface area is 70.2 Å². The average molecular weight is 166 g/mol. The van der Waals surface area contributed by atoms with Gasteiger partial charge in [0, 0.05) is 17.7 Å². The first-order valence-electron chi connectivity index (χ1n) is 3.86. The molecular formula is C8H10N2O2. The highest BCUT2D eigenvalue weighted by Crippen LogP contribution is 2.17. The van der Waals surface area contributed by atoms with E-state index in [4.69, 9.17) is 9.94 Å². The summed E-state index contributed by atoms with van der Waals surface area (Å²) in [5.74, 6) is 0. The summed E-state index contributed by atoms with van der Waals surface area (Å²) < 4.78 is 5.25. The second kappa shape index (κ2) is 3.08. The number of pyridine rings is 1. The third kappa shape index (κ3) is 1.26. The van der Waals surface area contributed by atoms with Crippen LogP contribution < -0.4 is 5.48 Å². The van der Waals surface area contributed by atoms with Crippen molar-refractivity contribution < 1.29 is 9.94 Å². The molecule has 0 saturated heterocycles. The van der Waals surface area contributed by atoms with Crippen molar-refractivity contribution in [3.63, 3.8) is 0 Å². The largest absolute Gasteiger partial charge is 0.376 e. The summed E-state index contributed by atoms with van der Waals surface area (Å²) in [4.78, 5) is 4.19. The zero-order valence-electron chi connectivity index (χ0n) is 6.58. The fourth-order valence-corrected chi connectivity index (χ4v) is 1.30. The van der Waals surface area contributed by atoms with E-state index in [0.717, 1.165) is 24.3 Å². The average Bonchev–Trinajstić information content (AvgIpc) is 2.17. The fourth-order valence-electron chi connectivity index (χ4n) is 1.30. The number of nitrogens with zero attached hydrogens (tertiary/aromatic N) is 1. The van der Waals surface area contributed by atoms with E-state index in [1.807, 2.05) is 6.07 Å². The maximum atomic E-state index is 8.61. The molecule has 0 unspecified atom stereocenters. The SMILES string of the molecule is ONc1cnc2c(c1)COCC2. The van der Waals surface area contributed by atoms with Gasteiger partial charge in [0.15, 0.2) is 0 Å². The van der Waals surface area contributed by atoms with Crippen LogP contribution in [0.25, 0.3) is 0 Å². The lowest BCUT2D eigenvalue weighted by Crippen LogP contribution is -2.11. The molecule has 0 spiro atoms. The molecule has 0 aliphatic carbocycles. The third-order valence-electron chi connectivity index (χ3n) is 1.93. The van der Waals surface area contributed by atoms with Crippen LogP contribution in [0.5, 0.6) is 0 Å². The number of nitrogens with one attached hydrogen (secondary N) is 1. The minimum Gasteiger partial charge on any atom is -0.376 e. The highest BCUT2D eigenvalue weighted by Gasteiger charge is 2.10. The summed E-state index contributed by atoms with van der Waals surface area (Å²) in [6.45, 7) is 1.34. The van der Waals surface area contributed by atoms with E-state index in [1.165, 1.54) is 0 Å². The predicted octanol–water partition coefficient (Wildman–Crippen LogP) is 0.955. The molecule has 0 radical (unpaired) electrons. The molecule has 0 saturated carbocycles. The van der Waals surface area contributed by atoms with Gasteiger partial charge in [0.2, 0.25) is 0 Å². The second-order valence-electron chi connectivity index (χ2n) is 2.74. The number of ether oxygens (including phenoxy) is 1. The predicted molar refractivity (Wildman–Crippen MR) is 43.0 cm³/mol. The van der Waals surface area contributed by atoms with Crippen LogP contribution in [0.4, 0.5) is 5.69 Å². The van der Waals surface area contributed by atoms with Crippen LogP contribution in [0.2, 0.25) is 0 Å². The number of hydrogen-bond acceptors (Lipinski definition) is 4. The molecule has 1 aromatic heterocycles. The van der Waals surface area contributed by atoms with Crippen molar-refractivity contribution in [2.24, 2.45) is 0 Å². The summed E-state index contributed by atoms with van der Waals surface area (Å²) in [6, 6.07) is 1.85. The Morgan fingerprint density at radius 1 is 1.58 bits per heavy atom. The van der Waals surface area contributed by atoms with E-state index < -0.39 is 0 Å². The van der Waals surface area contributed by atoms with E-state index in [1.54, 1.807) is 6.20 Å². The minimum absolute atomic E-state index is 0.595. The van der Waals surface area contributed by atoms with Gasteiger partial charge in [-0.2, -0.15) is 0 Å². The lowest BCUT2D eigenvalue weighted by Gasteiger charge is -2.15. The number of aromatic nitrogens is 1. The topological polar surface area (TPSA) is 54.4 Å². The van der Waals surface area contributed by atoms with Crippen molar-refractivity contribution in [2.75, 3.05) is 12.1 Å². The highest BCUT2D eigenvalue weighted by atomic mass is 16.5. The first-order chi connectivity index (χ1) is 5.90. The minimum atomic E-state index is 0.595. The molecule has 12 heavy (non-hydrogen) atoms. The van der Waals surface area contributed by atoms with Crippen LogP contribution in [-0.4, -0.2) is 16.8 Å². The molecular weight excluding hydrogens is 156 g/mol. The molecule has 4 nitrogen and oxygen atoms in total.